The van der Waals surface area contributed by atoms with E-state index in [1.165, 1.54) is 0 Å². The van der Waals surface area contributed by atoms with Crippen LogP contribution in [-0.2, 0) is 20.7 Å². The monoisotopic (exact) mass is 415 g/mol. The maximum Gasteiger partial charge on any atom is 0.310 e. The zero-order valence-corrected chi connectivity index (χ0v) is 14.9. The van der Waals surface area contributed by atoms with Crippen LogP contribution in [0.15, 0.2) is 46.9 Å². The summed E-state index contributed by atoms with van der Waals surface area (Å²) in [5, 5.41) is 3.36. The molecular weight excluding hydrogens is 405 g/mol. The molecule has 2 aromatic carbocycles. The number of rotatable bonds is 5. The van der Waals surface area contributed by atoms with Gasteiger partial charge >= 0.3 is 5.97 Å². The van der Waals surface area contributed by atoms with E-state index in [9.17, 15) is 9.59 Å². The Bertz CT molecular complexity index is 717. The van der Waals surface area contributed by atoms with Gasteiger partial charge in [-0.05, 0) is 29.8 Å². The standard InChI is InChI=1S/C16H12BrCl2NO3/c17-14-4-2-1-3-10(14)5-16(22)23-9-15(21)20-13-7-11(18)6-12(19)8-13/h1-4,6-8H,5,9H2,(H,20,21). The van der Waals surface area contributed by atoms with Crippen molar-refractivity contribution < 1.29 is 14.3 Å². The van der Waals surface area contributed by atoms with Gasteiger partial charge in [-0.3, -0.25) is 9.59 Å². The minimum atomic E-state index is -0.490. The largest absolute Gasteiger partial charge is 0.455 e. The van der Waals surface area contributed by atoms with E-state index in [4.69, 9.17) is 27.9 Å². The lowest BCUT2D eigenvalue weighted by molar-refractivity contribution is -0.146. The van der Waals surface area contributed by atoms with Gasteiger partial charge in [0.05, 0.1) is 6.42 Å². The minimum Gasteiger partial charge on any atom is -0.455 e. The number of hydrogen-bond donors (Lipinski definition) is 1. The van der Waals surface area contributed by atoms with Gasteiger partial charge < -0.3 is 10.1 Å². The lowest BCUT2D eigenvalue weighted by Crippen LogP contribution is -2.21. The molecule has 0 aliphatic heterocycles. The van der Waals surface area contributed by atoms with Gasteiger partial charge in [0.15, 0.2) is 6.61 Å². The molecule has 0 atom stereocenters. The lowest BCUT2D eigenvalue weighted by atomic mass is 10.2. The van der Waals surface area contributed by atoms with Crippen molar-refractivity contribution in [1.29, 1.82) is 0 Å². The Morgan fingerprint density at radius 2 is 1.74 bits per heavy atom. The molecule has 1 N–H and O–H groups in total. The summed E-state index contributed by atoms with van der Waals surface area (Å²) < 4.78 is 5.77. The van der Waals surface area contributed by atoms with Crippen molar-refractivity contribution in [2.75, 3.05) is 11.9 Å². The topological polar surface area (TPSA) is 55.4 Å². The predicted octanol–water partition coefficient (Wildman–Crippen LogP) is 4.48. The second kappa shape index (κ2) is 8.34. The van der Waals surface area contributed by atoms with Gasteiger partial charge in [0, 0.05) is 20.2 Å². The van der Waals surface area contributed by atoms with Crippen LogP contribution in [0.3, 0.4) is 0 Å². The molecule has 7 heteroatoms. The van der Waals surface area contributed by atoms with Crippen LogP contribution < -0.4 is 5.32 Å². The van der Waals surface area contributed by atoms with Crippen LogP contribution in [0.2, 0.25) is 10.0 Å². The number of halogens is 3. The van der Waals surface area contributed by atoms with Crippen LogP contribution in [0.1, 0.15) is 5.56 Å². The first kappa shape index (κ1) is 17.8. The second-order valence-corrected chi connectivity index (χ2v) is 6.36. The van der Waals surface area contributed by atoms with E-state index in [2.05, 4.69) is 21.2 Å². The summed E-state index contributed by atoms with van der Waals surface area (Å²) >= 11 is 15.0. The Labute approximate surface area is 151 Å². The number of benzene rings is 2. The molecule has 0 fully saturated rings. The molecular formula is C16H12BrCl2NO3. The Morgan fingerprint density at radius 1 is 1.09 bits per heavy atom. The van der Waals surface area contributed by atoms with E-state index < -0.39 is 11.9 Å². The van der Waals surface area contributed by atoms with Crippen LogP contribution in [0.25, 0.3) is 0 Å². The predicted molar refractivity (Wildman–Crippen MR) is 93.9 cm³/mol. The number of ether oxygens (including phenoxy) is 1. The quantitative estimate of drug-likeness (QED) is 0.731. The number of esters is 1. The van der Waals surface area contributed by atoms with Crippen molar-refractivity contribution in [3.05, 3.63) is 62.5 Å². The lowest BCUT2D eigenvalue weighted by Gasteiger charge is -2.08. The molecule has 0 unspecified atom stereocenters. The fourth-order valence-corrected chi connectivity index (χ4v) is 2.77. The van der Waals surface area contributed by atoms with E-state index >= 15 is 0 Å². The molecule has 4 nitrogen and oxygen atoms in total. The molecule has 0 aromatic heterocycles. The number of nitrogens with one attached hydrogen (secondary N) is 1. The minimum absolute atomic E-state index is 0.0810. The molecule has 0 heterocycles. The summed E-state index contributed by atoms with van der Waals surface area (Å²) in [6.45, 7) is -0.382. The third kappa shape index (κ3) is 5.86. The molecule has 0 saturated carbocycles. The first-order valence-corrected chi connectivity index (χ1v) is 8.14. The second-order valence-electron chi connectivity index (χ2n) is 4.64. The molecule has 120 valence electrons. The molecule has 0 bridgehead atoms. The zero-order valence-electron chi connectivity index (χ0n) is 11.8. The number of amides is 1. The summed E-state index contributed by atoms with van der Waals surface area (Å²) in [6, 6.07) is 12.0. The zero-order chi connectivity index (χ0) is 16.8. The molecule has 0 saturated heterocycles. The molecule has 0 spiro atoms. The van der Waals surface area contributed by atoms with Crippen LogP contribution in [0.5, 0.6) is 0 Å². The number of anilines is 1. The summed E-state index contributed by atoms with van der Waals surface area (Å²) in [5.41, 5.74) is 1.23. The van der Waals surface area contributed by atoms with E-state index in [-0.39, 0.29) is 13.0 Å². The van der Waals surface area contributed by atoms with Gasteiger partial charge in [0.2, 0.25) is 0 Å². The van der Waals surface area contributed by atoms with Crippen LogP contribution in [0.4, 0.5) is 5.69 Å². The normalized spacial score (nSPS) is 10.2. The Balaban J connectivity index is 1.84. The highest BCUT2D eigenvalue weighted by Gasteiger charge is 2.11. The van der Waals surface area contributed by atoms with Gasteiger partial charge in [-0.15, -0.1) is 0 Å². The van der Waals surface area contributed by atoms with Crippen molar-refractivity contribution in [2.45, 2.75) is 6.42 Å². The summed E-state index contributed by atoms with van der Waals surface area (Å²) in [5.74, 6) is -0.958. The van der Waals surface area contributed by atoms with Crippen molar-refractivity contribution in [3.63, 3.8) is 0 Å². The van der Waals surface area contributed by atoms with Crippen LogP contribution in [0, 0.1) is 0 Å². The molecule has 1 amide bonds. The average molecular weight is 417 g/mol. The Kier molecular flexibility index (Phi) is 6.45. The highest BCUT2D eigenvalue weighted by Crippen LogP contribution is 2.22. The Morgan fingerprint density at radius 3 is 2.39 bits per heavy atom. The van der Waals surface area contributed by atoms with Gasteiger partial charge in [-0.25, -0.2) is 0 Å². The smallest absolute Gasteiger partial charge is 0.310 e. The molecule has 2 aromatic rings. The van der Waals surface area contributed by atoms with Gasteiger partial charge in [0.1, 0.15) is 0 Å². The van der Waals surface area contributed by atoms with Gasteiger partial charge in [0.25, 0.3) is 5.91 Å². The molecule has 23 heavy (non-hydrogen) atoms. The van der Waals surface area contributed by atoms with Crippen molar-refractivity contribution in [1.82, 2.24) is 0 Å². The first-order valence-electron chi connectivity index (χ1n) is 6.59. The molecule has 0 radical (unpaired) electrons. The van der Waals surface area contributed by atoms with Gasteiger partial charge in [-0.1, -0.05) is 57.3 Å². The van der Waals surface area contributed by atoms with Crippen LogP contribution >= 0.6 is 39.1 Å². The van der Waals surface area contributed by atoms with Crippen molar-refractivity contribution >= 4 is 56.7 Å². The Hall–Kier alpha value is -1.56. The highest BCUT2D eigenvalue weighted by molar-refractivity contribution is 9.10. The van der Waals surface area contributed by atoms with Gasteiger partial charge in [-0.2, -0.15) is 0 Å². The van der Waals surface area contributed by atoms with Crippen molar-refractivity contribution in [3.8, 4) is 0 Å². The number of carbonyl (C=O) groups is 2. The average Bonchev–Trinajstić information content (AvgIpc) is 2.46. The maximum atomic E-state index is 11.8. The summed E-state index contributed by atoms with van der Waals surface area (Å²) in [6.07, 6.45) is 0.0810. The third-order valence-electron chi connectivity index (χ3n) is 2.80. The SMILES string of the molecule is O=C(COC(=O)Cc1ccccc1Br)Nc1cc(Cl)cc(Cl)c1. The fraction of sp³-hybridized carbons (Fsp3) is 0.125. The summed E-state index contributed by atoms with van der Waals surface area (Å²) in [7, 11) is 0. The number of carbonyl (C=O) groups excluding carboxylic acids is 2. The molecule has 0 aliphatic rings. The summed E-state index contributed by atoms with van der Waals surface area (Å²) in [4.78, 5) is 23.5. The number of hydrogen-bond acceptors (Lipinski definition) is 3. The molecule has 2 rings (SSSR count). The van der Waals surface area contributed by atoms with E-state index in [1.807, 2.05) is 18.2 Å². The first-order chi connectivity index (χ1) is 10.9. The highest BCUT2D eigenvalue weighted by atomic mass is 79.9. The van der Waals surface area contributed by atoms with E-state index in [0.29, 0.717) is 15.7 Å². The van der Waals surface area contributed by atoms with E-state index in [1.54, 1.807) is 24.3 Å². The maximum absolute atomic E-state index is 11.8. The third-order valence-corrected chi connectivity index (χ3v) is 4.01. The fourth-order valence-electron chi connectivity index (χ4n) is 1.82. The van der Waals surface area contributed by atoms with Crippen molar-refractivity contribution in [2.24, 2.45) is 0 Å². The molecule has 0 aliphatic carbocycles. The van der Waals surface area contributed by atoms with Crippen LogP contribution in [-0.4, -0.2) is 18.5 Å². The van der Waals surface area contributed by atoms with E-state index in [0.717, 1.165) is 10.0 Å².